The molecule has 0 radical (unpaired) electrons. The van der Waals surface area contributed by atoms with Crippen LogP contribution in [-0.2, 0) is 0 Å². The molecule has 0 bridgehead atoms. The highest BCUT2D eigenvalue weighted by Crippen LogP contribution is 2.32. The minimum absolute atomic E-state index is 0.0493. The van der Waals surface area contributed by atoms with Gasteiger partial charge in [0.1, 0.15) is 11.3 Å². The number of nitro benzene ring substituents is 1. The fourth-order valence-corrected chi connectivity index (χ4v) is 4.28. The van der Waals surface area contributed by atoms with Crippen LogP contribution < -0.4 is 15.6 Å². The maximum atomic E-state index is 13.3. The number of nitrogens with one attached hydrogen (secondary N) is 2. The van der Waals surface area contributed by atoms with Crippen molar-refractivity contribution < 1.29 is 10.0 Å². The Balaban J connectivity index is 1.56. The quantitative estimate of drug-likeness (QED) is 0.249. The van der Waals surface area contributed by atoms with Crippen molar-refractivity contribution in [2.75, 3.05) is 43.4 Å². The Bertz CT molecular complexity index is 1420. The third-order valence-corrected chi connectivity index (χ3v) is 6.13. The minimum atomic E-state index is -0.515. The number of non-ortho nitro benzene ring substituents is 1. The van der Waals surface area contributed by atoms with E-state index in [9.17, 15) is 20.0 Å². The summed E-state index contributed by atoms with van der Waals surface area (Å²) < 4.78 is 0. The number of rotatable bonds is 4. The zero-order chi connectivity index (χ0) is 23.1. The number of nitrogens with zero attached hydrogens (tertiary/aromatic N) is 3. The lowest BCUT2D eigenvalue weighted by atomic mass is 10.1. The van der Waals surface area contributed by atoms with Crippen molar-refractivity contribution in [3.8, 4) is 5.75 Å². The van der Waals surface area contributed by atoms with Gasteiger partial charge in [0.25, 0.3) is 5.69 Å². The van der Waals surface area contributed by atoms with E-state index in [0.29, 0.717) is 11.2 Å². The summed E-state index contributed by atoms with van der Waals surface area (Å²) in [6.07, 6.45) is 0. The number of fused-ring (bicyclic) bond motifs is 2. The molecule has 3 aromatic carbocycles. The fraction of sp³-hybridized carbons (Fsp3) is 0.208. The second kappa shape index (κ2) is 8.10. The van der Waals surface area contributed by atoms with E-state index < -0.39 is 10.4 Å². The molecule has 0 aliphatic carbocycles. The number of pyridine rings is 1. The Hall–Kier alpha value is -4.11. The number of H-pyrrole nitrogens is 1. The minimum Gasteiger partial charge on any atom is -0.508 e. The van der Waals surface area contributed by atoms with Crippen molar-refractivity contribution in [3.63, 3.8) is 0 Å². The number of aromatic nitrogens is 1. The molecular weight excluding hydrogens is 422 g/mol. The van der Waals surface area contributed by atoms with E-state index in [-0.39, 0.29) is 27.7 Å². The van der Waals surface area contributed by atoms with Gasteiger partial charge < -0.3 is 25.2 Å². The van der Waals surface area contributed by atoms with E-state index in [4.69, 9.17) is 0 Å². The highest BCUT2D eigenvalue weighted by Gasteiger charge is 2.20. The average Bonchev–Trinajstić information content (AvgIpc) is 2.80. The second-order valence-corrected chi connectivity index (χ2v) is 8.29. The van der Waals surface area contributed by atoms with Gasteiger partial charge in [0.05, 0.1) is 21.5 Å². The van der Waals surface area contributed by atoms with Crippen LogP contribution in [0.15, 0.2) is 59.4 Å². The van der Waals surface area contributed by atoms with Crippen LogP contribution >= 0.6 is 0 Å². The van der Waals surface area contributed by atoms with Crippen molar-refractivity contribution in [1.82, 2.24) is 9.88 Å². The largest absolute Gasteiger partial charge is 0.508 e. The zero-order valence-corrected chi connectivity index (χ0v) is 18.0. The summed E-state index contributed by atoms with van der Waals surface area (Å²) >= 11 is 0. The van der Waals surface area contributed by atoms with Gasteiger partial charge in [-0.15, -0.1) is 0 Å². The SMILES string of the molecule is CN1CCN(c2ccc(Nc3ccc([N+](=O)[O-])c4[nH]c5ccc(O)cc5c(=O)c34)cc2)CC1. The van der Waals surface area contributed by atoms with E-state index in [1.54, 1.807) is 6.07 Å². The van der Waals surface area contributed by atoms with Crippen LogP contribution in [0.4, 0.5) is 22.7 Å². The maximum absolute atomic E-state index is 13.3. The molecule has 0 atom stereocenters. The number of likely N-dealkylation sites (N-methyl/N-ethyl adjacent to an activating group) is 1. The predicted octanol–water partition coefficient (Wildman–Crippen LogP) is 3.79. The van der Waals surface area contributed by atoms with Gasteiger partial charge in [-0.2, -0.15) is 0 Å². The van der Waals surface area contributed by atoms with Crippen LogP contribution in [0, 0.1) is 10.1 Å². The van der Waals surface area contributed by atoms with E-state index in [1.165, 1.54) is 24.3 Å². The number of anilines is 3. The molecule has 1 saturated heterocycles. The average molecular weight is 445 g/mol. The van der Waals surface area contributed by atoms with Crippen LogP contribution in [0.1, 0.15) is 0 Å². The van der Waals surface area contributed by atoms with Gasteiger partial charge >= 0.3 is 0 Å². The maximum Gasteiger partial charge on any atom is 0.293 e. The van der Waals surface area contributed by atoms with Gasteiger partial charge in [0.15, 0.2) is 5.43 Å². The topological polar surface area (TPSA) is 115 Å². The monoisotopic (exact) mass is 445 g/mol. The molecule has 9 nitrogen and oxygen atoms in total. The van der Waals surface area contributed by atoms with Gasteiger partial charge in [-0.3, -0.25) is 14.9 Å². The fourth-order valence-electron chi connectivity index (χ4n) is 4.28. The second-order valence-electron chi connectivity index (χ2n) is 8.29. The summed E-state index contributed by atoms with van der Waals surface area (Å²) in [7, 11) is 2.12. The molecule has 1 aliphatic rings. The lowest BCUT2D eigenvalue weighted by molar-refractivity contribution is -0.383. The molecule has 3 N–H and O–H groups in total. The molecule has 5 rings (SSSR count). The number of hydrogen-bond acceptors (Lipinski definition) is 7. The van der Waals surface area contributed by atoms with E-state index in [1.807, 2.05) is 24.3 Å². The number of aromatic hydroxyl groups is 1. The van der Waals surface area contributed by atoms with Crippen molar-refractivity contribution >= 4 is 44.6 Å². The summed E-state index contributed by atoms with van der Waals surface area (Å²) in [6.45, 7) is 3.96. The molecule has 168 valence electrons. The zero-order valence-electron chi connectivity index (χ0n) is 18.0. The molecule has 0 unspecified atom stereocenters. The van der Waals surface area contributed by atoms with Crippen LogP contribution in [-0.4, -0.2) is 53.1 Å². The third-order valence-electron chi connectivity index (χ3n) is 6.13. The first-order valence-corrected chi connectivity index (χ1v) is 10.7. The van der Waals surface area contributed by atoms with E-state index >= 15 is 0 Å². The molecule has 4 aromatic rings. The van der Waals surface area contributed by atoms with Gasteiger partial charge in [-0.05, 0) is 55.6 Å². The normalized spacial score (nSPS) is 14.6. The van der Waals surface area contributed by atoms with Gasteiger partial charge in [0, 0.05) is 49.0 Å². The molecule has 1 aliphatic heterocycles. The Labute approximate surface area is 189 Å². The third kappa shape index (κ3) is 3.83. The molecule has 0 spiro atoms. The van der Waals surface area contributed by atoms with E-state index in [2.05, 4.69) is 27.1 Å². The highest BCUT2D eigenvalue weighted by atomic mass is 16.6. The van der Waals surface area contributed by atoms with Gasteiger partial charge in [0.2, 0.25) is 0 Å². The first kappa shape index (κ1) is 20.8. The summed E-state index contributed by atoms with van der Waals surface area (Å²) in [5, 5.41) is 25.1. The molecule has 0 saturated carbocycles. The summed E-state index contributed by atoms with van der Waals surface area (Å²) in [5.74, 6) is -0.0493. The predicted molar refractivity (Wildman–Crippen MR) is 130 cm³/mol. The Morgan fingerprint density at radius 1 is 1.03 bits per heavy atom. The number of aromatic amines is 1. The number of nitro groups is 1. The van der Waals surface area contributed by atoms with Crippen molar-refractivity contribution in [2.45, 2.75) is 0 Å². The lowest BCUT2D eigenvalue weighted by Gasteiger charge is -2.34. The van der Waals surface area contributed by atoms with Gasteiger partial charge in [-0.25, -0.2) is 0 Å². The van der Waals surface area contributed by atoms with Crippen molar-refractivity contribution in [1.29, 1.82) is 0 Å². The molecule has 1 aromatic heterocycles. The Kier molecular flexibility index (Phi) is 5.10. The summed E-state index contributed by atoms with van der Waals surface area (Å²) in [5.41, 5.74) is 2.32. The summed E-state index contributed by atoms with van der Waals surface area (Å²) in [6, 6.07) is 15.2. The number of piperazine rings is 1. The first-order valence-electron chi connectivity index (χ1n) is 10.7. The summed E-state index contributed by atoms with van der Waals surface area (Å²) in [4.78, 5) is 32.0. The van der Waals surface area contributed by atoms with Crippen LogP contribution in [0.5, 0.6) is 5.75 Å². The molecular formula is C24H23N5O4. The first-order chi connectivity index (χ1) is 15.9. The number of benzene rings is 3. The number of hydrogen-bond donors (Lipinski definition) is 3. The molecule has 0 amide bonds. The number of phenols is 1. The lowest BCUT2D eigenvalue weighted by Crippen LogP contribution is -2.44. The van der Waals surface area contributed by atoms with E-state index in [0.717, 1.165) is 37.6 Å². The van der Waals surface area contributed by atoms with Crippen LogP contribution in [0.2, 0.25) is 0 Å². The number of phenolic OH excluding ortho intramolecular Hbond substituents is 1. The molecule has 1 fully saturated rings. The van der Waals surface area contributed by atoms with Gasteiger partial charge in [-0.1, -0.05) is 0 Å². The Morgan fingerprint density at radius 2 is 1.76 bits per heavy atom. The smallest absolute Gasteiger partial charge is 0.293 e. The standard InChI is InChI=1S/C24H23N5O4/c1-27-10-12-28(13-11-27)16-4-2-15(3-5-16)25-20-8-9-21(29(32)33)23-22(20)24(31)18-14-17(30)6-7-19(18)26-23/h2-9,14,25,30H,10-13H2,1H3,(H,26,31). The molecule has 9 heteroatoms. The molecule has 2 heterocycles. The Morgan fingerprint density at radius 3 is 2.45 bits per heavy atom. The van der Waals surface area contributed by atoms with Crippen LogP contribution in [0.3, 0.4) is 0 Å². The van der Waals surface area contributed by atoms with Crippen molar-refractivity contribution in [2.24, 2.45) is 0 Å². The molecule has 33 heavy (non-hydrogen) atoms. The highest BCUT2D eigenvalue weighted by molar-refractivity contribution is 6.04. The van der Waals surface area contributed by atoms with Crippen LogP contribution in [0.25, 0.3) is 21.8 Å². The van der Waals surface area contributed by atoms with Crippen molar-refractivity contribution in [3.05, 3.63) is 74.9 Å².